The molecule has 150 valence electrons. The number of nitrogens with zero attached hydrogens (tertiary/aromatic N) is 2. The quantitative estimate of drug-likeness (QED) is 0.598. The number of aromatic nitrogens is 1. The largest absolute Gasteiger partial charge is 0.376 e. The number of anilines is 1. The monoisotopic (exact) mass is 410 g/mol. The average molecular weight is 411 g/mol. The van der Waals surface area contributed by atoms with Gasteiger partial charge in [-0.2, -0.15) is 0 Å². The maximum absolute atomic E-state index is 14.2. The number of amides is 1. The van der Waals surface area contributed by atoms with E-state index in [1.807, 2.05) is 18.2 Å². The van der Waals surface area contributed by atoms with Crippen LogP contribution in [0.5, 0.6) is 0 Å². The summed E-state index contributed by atoms with van der Waals surface area (Å²) in [5, 5.41) is 0.531. The summed E-state index contributed by atoms with van der Waals surface area (Å²) in [4.78, 5) is 19.7. The second-order valence-electron chi connectivity index (χ2n) is 7.82. The second-order valence-corrected chi connectivity index (χ2v) is 8.83. The van der Waals surface area contributed by atoms with Crippen LogP contribution in [0.25, 0.3) is 10.2 Å². The summed E-state index contributed by atoms with van der Waals surface area (Å²) in [5.41, 5.74) is 3.61. The molecule has 0 radical (unpaired) electrons. The Morgan fingerprint density at radius 3 is 2.83 bits per heavy atom. The van der Waals surface area contributed by atoms with E-state index in [1.165, 1.54) is 41.4 Å². The molecule has 2 aliphatic rings. The smallest absolute Gasteiger partial charge is 0.260 e. The van der Waals surface area contributed by atoms with Gasteiger partial charge in [-0.1, -0.05) is 23.5 Å². The van der Waals surface area contributed by atoms with Crippen molar-refractivity contribution < 1.29 is 13.9 Å². The molecule has 1 amide bonds. The number of para-hydroxylation sites is 1. The highest BCUT2D eigenvalue weighted by Crippen LogP contribution is 2.32. The number of fused-ring (bicyclic) bond motifs is 2. The minimum atomic E-state index is -0.358. The van der Waals surface area contributed by atoms with Gasteiger partial charge in [-0.25, -0.2) is 9.37 Å². The molecule has 0 spiro atoms. The van der Waals surface area contributed by atoms with Gasteiger partial charge in [0.15, 0.2) is 5.13 Å². The maximum atomic E-state index is 14.2. The van der Waals surface area contributed by atoms with E-state index in [4.69, 9.17) is 4.74 Å². The van der Waals surface area contributed by atoms with Gasteiger partial charge in [0, 0.05) is 12.2 Å². The van der Waals surface area contributed by atoms with Crippen molar-refractivity contribution >= 4 is 32.6 Å². The van der Waals surface area contributed by atoms with E-state index >= 15 is 0 Å². The minimum Gasteiger partial charge on any atom is -0.376 e. The molecule has 6 heteroatoms. The Hall–Kier alpha value is -2.31. The number of hydrogen-bond donors (Lipinski definition) is 0. The Balaban J connectivity index is 1.52. The van der Waals surface area contributed by atoms with Crippen LogP contribution in [-0.4, -0.2) is 30.1 Å². The molecule has 0 bridgehead atoms. The van der Waals surface area contributed by atoms with Crippen LogP contribution >= 0.6 is 11.3 Å². The van der Waals surface area contributed by atoms with Crippen molar-refractivity contribution in [1.82, 2.24) is 4.98 Å². The fraction of sp³-hybridized carbons (Fsp3) is 0.391. The van der Waals surface area contributed by atoms with Crippen molar-refractivity contribution in [2.75, 3.05) is 18.1 Å². The van der Waals surface area contributed by atoms with Gasteiger partial charge in [-0.15, -0.1) is 0 Å². The summed E-state index contributed by atoms with van der Waals surface area (Å²) in [6.07, 6.45) is 6.40. The zero-order valence-corrected chi connectivity index (χ0v) is 17.0. The molecule has 29 heavy (non-hydrogen) atoms. The lowest BCUT2D eigenvalue weighted by molar-refractivity contribution is 0.0917. The predicted octanol–water partition coefficient (Wildman–Crippen LogP) is 5.14. The third-order valence-corrected chi connectivity index (χ3v) is 6.88. The van der Waals surface area contributed by atoms with Gasteiger partial charge in [-0.3, -0.25) is 9.69 Å². The van der Waals surface area contributed by atoms with E-state index in [0.717, 1.165) is 37.0 Å². The van der Waals surface area contributed by atoms with Crippen LogP contribution in [0.2, 0.25) is 0 Å². The first-order chi connectivity index (χ1) is 14.2. The van der Waals surface area contributed by atoms with Crippen LogP contribution in [0.15, 0.2) is 36.4 Å². The number of rotatable bonds is 4. The van der Waals surface area contributed by atoms with Gasteiger partial charge in [0.2, 0.25) is 0 Å². The van der Waals surface area contributed by atoms with Crippen LogP contribution in [0.4, 0.5) is 9.52 Å². The average Bonchev–Trinajstić information content (AvgIpc) is 3.41. The Labute approximate surface area is 173 Å². The fourth-order valence-electron chi connectivity index (χ4n) is 4.28. The summed E-state index contributed by atoms with van der Waals surface area (Å²) in [7, 11) is 0. The SMILES string of the molecule is O=C(c1ccc2c(c1)CCCC2)N(CC1CCCO1)c1nc2c(F)cccc2s1. The first-order valence-electron chi connectivity index (χ1n) is 10.3. The number of carbonyl (C=O) groups excluding carboxylic acids is 1. The van der Waals surface area contributed by atoms with E-state index in [-0.39, 0.29) is 17.8 Å². The molecular formula is C23H23FN2O2S. The van der Waals surface area contributed by atoms with Gasteiger partial charge >= 0.3 is 0 Å². The van der Waals surface area contributed by atoms with Crippen molar-refractivity contribution in [2.24, 2.45) is 0 Å². The number of thiazole rings is 1. The lowest BCUT2D eigenvalue weighted by Crippen LogP contribution is -2.37. The minimum absolute atomic E-state index is 0.00608. The third kappa shape index (κ3) is 3.67. The Bertz CT molecular complexity index is 1060. The Morgan fingerprint density at radius 1 is 1.17 bits per heavy atom. The van der Waals surface area contributed by atoms with Gasteiger partial charge in [0.1, 0.15) is 11.3 Å². The van der Waals surface area contributed by atoms with Gasteiger partial charge in [0.25, 0.3) is 5.91 Å². The highest BCUT2D eigenvalue weighted by molar-refractivity contribution is 7.22. The second kappa shape index (κ2) is 7.84. The molecule has 0 saturated carbocycles. The normalized spacial score (nSPS) is 18.7. The van der Waals surface area contributed by atoms with Crippen LogP contribution in [0.1, 0.15) is 47.2 Å². The summed E-state index contributed by atoms with van der Waals surface area (Å²) in [6.45, 7) is 1.16. The van der Waals surface area contributed by atoms with Crippen molar-refractivity contribution in [2.45, 2.75) is 44.6 Å². The third-order valence-electron chi connectivity index (χ3n) is 5.84. The highest BCUT2D eigenvalue weighted by Gasteiger charge is 2.28. The van der Waals surface area contributed by atoms with E-state index < -0.39 is 0 Å². The molecule has 1 unspecified atom stereocenters. The summed E-state index contributed by atoms with van der Waals surface area (Å²) < 4.78 is 20.7. The van der Waals surface area contributed by atoms with E-state index in [1.54, 1.807) is 11.0 Å². The molecule has 1 fully saturated rings. The van der Waals surface area contributed by atoms with Crippen molar-refractivity contribution in [3.8, 4) is 0 Å². The molecule has 1 saturated heterocycles. The fourth-order valence-corrected chi connectivity index (χ4v) is 5.27. The molecule has 4 nitrogen and oxygen atoms in total. The number of aryl methyl sites for hydroxylation is 2. The highest BCUT2D eigenvalue weighted by atomic mass is 32.1. The van der Waals surface area contributed by atoms with Crippen LogP contribution in [0.3, 0.4) is 0 Å². The molecule has 1 aromatic heterocycles. The predicted molar refractivity (Wildman–Crippen MR) is 113 cm³/mol. The summed E-state index contributed by atoms with van der Waals surface area (Å²) in [6, 6.07) is 11.0. The lowest BCUT2D eigenvalue weighted by Gasteiger charge is -2.24. The first kappa shape index (κ1) is 18.7. The molecule has 2 heterocycles. The number of halogens is 1. The topological polar surface area (TPSA) is 42.4 Å². The van der Waals surface area contributed by atoms with E-state index in [9.17, 15) is 9.18 Å². The molecule has 2 aromatic carbocycles. The maximum Gasteiger partial charge on any atom is 0.260 e. The van der Waals surface area contributed by atoms with E-state index in [0.29, 0.717) is 22.8 Å². The number of benzene rings is 2. The number of ether oxygens (including phenoxy) is 1. The molecule has 1 aliphatic carbocycles. The zero-order valence-electron chi connectivity index (χ0n) is 16.2. The summed E-state index contributed by atoms with van der Waals surface area (Å²) >= 11 is 1.35. The van der Waals surface area contributed by atoms with Crippen LogP contribution < -0.4 is 4.90 Å². The van der Waals surface area contributed by atoms with Crippen molar-refractivity contribution in [1.29, 1.82) is 0 Å². The van der Waals surface area contributed by atoms with Crippen LogP contribution in [-0.2, 0) is 17.6 Å². The Kier molecular flexibility index (Phi) is 5.06. The molecule has 1 atom stereocenters. The lowest BCUT2D eigenvalue weighted by atomic mass is 9.90. The number of hydrogen-bond acceptors (Lipinski definition) is 4. The number of carbonyl (C=O) groups is 1. The summed E-state index contributed by atoms with van der Waals surface area (Å²) in [5.74, 6) is -0.448. The zero-order chi connectivity index (χ0) is 19.8. The Morgan fingerprint density at radius 2 is 2.03 bits per heavy atom. The van der Waals surface area contributed by atoms with Crippen LogP contribution in [0, 0.1) is 5.82 Å². The first-order valence-corrected chi connectivity index (χ1v) is 11.1. The molecule has 3 aromatic rings. The molecule has 1 aliphatic heterocycles. The van der Waals surface area contributed by atoms with Gasteiger partial charge in [-0.05, 0) is 73.9 Å². The molecule has 0 N–H and O–H groups in total. The van der Waals surface area contributed by atoms with E-state index in [2.05, 4.69) is 11.1 Å². The molecular weight excluding hydrogens is 387 g/mol. The van der Waals surface area contributed by atoms with Crippen molar-refractivity contribution in [3.63, 3.8) is 0 Å². The van der Waals surface area contributed by atoms with Crippen molar-refractivity contribution in [3.05, 3.63) is 58.9 Å². The molecule has 5 rings (SSSR count). The standard InChI is InChI=1S/C23H23FN2O2S/c24-19-8-3-9-20-21(19)25-23(29-20)26(14-18-7-4-12-28-18)22(27)17-11-10-15-5-1-2-6-16(15)13-17/h3,8-11,13,18H,1-2,4-7,12,14H2. The van der Waals surface area contributed by atoms with Gasteiger partial charge in [0.05, 0.1) is 17.3 Å². The van der Waals surface area contributed by atoms with Gasteiger partial charge < -0.3 is 4.74 Å².